The molecule has 8 heteroatoms. The Morgan fingerprint density at radius 3 is 2.79 bits per heavy atom. The third-order valence-electron chi connectivity index (χ3n) is 4.14. The molecule has 3 aromatic rings. The fraction of sp³-hybridized carbons (Fsp3) is 0.312. The number of benzene rings is 1. The topological polar surface area (TPSA) is 66.8 Å². The molecule has 0 amide bonds. The predicted octanol–water partition coefficient (Wildman–Crippen LogP) is 2.13. The molecule has 0 bridgehead atoms. The lowest BCUT2D eigenvalue weighted by molar-refractivity contribution is 0.246. The fourth-order valence-electron chi connectivity index (χ4n) is 2.55. The highest BCUT2D eigenvalue weighted by atomic mass is 19.2. The third-order valence-corrected chi connectivity index (χ3v) is 4.14. The predicted molar refractivity (Wildman–Crippen MR) is 85.4 cm³/mol. The second-order valence-corrected chi connectivity index (χ2v) is 5.78. The lowest BCUT2D eigenvalue weighted by atomic mass is 10.1. The number of H-pyrrole nitrogens is 1. The molecule has 0 aliphatic rings. The molecule has 1 aromatic carbocycles. The zero-order chi connectivity index (χ0) is 17.4. The summed E-state index contributed by atoms with van der Waals surface area (Å²) in [5, 5.41) is 4.45. The number of nitrogens with one attached hydrogen (secondary N) is 1. The van der Waals surface area contributed by atoms with E-state index in [9.17, 15) is 13.6 Å². The number of aryl methyl sites for hydroxylation is 1. The van der Waals surface area contributed by atoms with Crippen LogP contribution >= 0.6 is 0 Å². The van der Waals surface area contributed by atoms with Gasteiger partial charge in [0.15, 0.2) is 17.3 Å². The summed E-state index contributed by atoms with van der Waals surface area (Å²) >= 11 is 0. The summed E-state index contributed by atoms with van der Waals surface area (Å²) in [7, 11) is 3.53. The van der Waals surface area contributed by atoms with Crippen LogP contribution in [0.5, 0.6) is 0 Å². The molecule has 0 spiro atoms. The van der Waals surface area contributed by atoms with Gasteiger partial charge in [0.25, 0.3) is 5.56 Å². The Hall–Kier alpha value is -2.61. The minimum atomic E-state index is -0.879. The first kappa shape index (κ1) is 16.3. The van der Waals surface area contributed by atoms with E-state index in [1.54, 1.807) is 13.1 Å². The molecule has 3 rings (SSSR count). The molecule has 0 fully saturated rings. The minimum absolute atomic E-state index is 0.187. The van der Waals surface area contributed by atoms with Crippen LogP contribution in [-0.4, -0.2) is 31.7 Å². The summed E-state index contributed by atoms with van der Waals surface area (Å²) in [6, 6.07) is 3.64. The molecule has 6 nitrogen and oxygen atoms in total. The lowest BCUT2D eigenvalue weighted by Crippen LogP contribution is -2.25. The van der Waals surface area contributed by atoms with Crippen molar-refractivity contribution in [2.45, 2.75) is 19.5 Å². The number of aromatic nitrogens is 4. The van der Waals surface area contributed by atoms with Gasteiger partial charge in [-0.15, -0.1) is 0 Å². The largest absolute Gasteiger partial charge is 0.309 e. The van der Waals surface area contributed by atoms with Crippen LogP contribution in [0.1, 0.15) is 24.4 Å². The third kappa shape index (κ3) is 2.92. The second-order valence-electron chi connectivity index (χ2n) is 5.78. The molecule has 0 aliphatic carbocycles. The van der Waals surface area contributed by atoms with Crippen LogP contribution < -0.4 is 5.56 Å². The van der Waals surface area contributed by atoms with Crippen LogP contribution in [0.3, 0.4) is 0 Å². The van der Waals surface area contributed by atoms with Crippen LogP contribution in [-0.2, 0) is 13.6 Å². The molecule has 1 atom stereocenters. The SMILES string of the molecule is C[C@H](c1ccc(F)c(F)c1)N(C)Cc1nc2c(cnn2C)c(=O)[nH]1. The number of nitrogens with zero attached hydrogens (tertiary/aromatic N) is 4. The summed E-state index contributed by atoms with van der Waals surface area (Å²) in [6.07, 6.45) is 1.47. The van der Waals surface area contributed by atoms with E-state index in [1.807, 2.05) is 18.9 Å². The van der Waals surface area contributed by atoms with Crippen LogP contribution in [0, 0.1) is 11.6 Å². The summed E-state index contributed by atoms with van der Waals surface area (Å²) in [5.41, 5.74) is 0.889. The zero-order valence-electron chi connectivity index (χ0n) is 13.5. The molecule has 0 unspecified atom stereocenters. The first-order valence-electron chi connectivity index (χ1n) is 7.43. The van der Waals surface area contributed by atoms with Gasteiger partial charge in [0.05, 0.1) is 12.7 Å². The van der Waals surface area contributed by atoms with Crippen LogP contribution in [0.4, 0.5) is 8.78 Å². The van der Waals surface area contributed by atoms with E-state index in [4.69, 9.17) is 0 Å². The van der Waals surface area contributed by atoms with Crippen molar-refractivity contribution in [1.29, 1.82) is 0 Å². The van der Waals surface area contributed by atoms with Crippen LogP contribution in [0.25, 0.3) is 11.0 Å². The van der Waals surface area contributed by atoms with Gasteiger partial charge in [-0.25, -0.2) is 13.8 Å². The van der Waals surface area contributed by atoms with E-state index in [1.165, 1.54) is 16.9 Å². The highest BCUT2D eigenvalue weighted by molar-refractivity contribution is 5.72. The Labute approximate surface area is 136 Å². The fourth-order valence-corrected chi connectivity index (χ4v) is 2.55. The number of rotatable bonds is 4. The number of hydrogen-bond donors (Lipinski definition) is 1. The number of hydrogen-bond acceptors (Lipinski definition) is 4. The number of halogens is 2. The van der Waals surface area contributed by atoms with Gasteiger partial charge >= 0.3 is 0 Å². The number of aromatic amines is 1. The maximum Gasteiger partial charge on any atom is 0.262 e. The molecular formula is C16H17F2N5O. The number of fused-ring (bicyclic) bond motifs is 1. The van der Waals surface area contributed by atoms with Gasteiger partial charge in [0.1, 0.15) is 11.2 Å². The van der Waals surface area contributed by atoms with Gasteiger partial charge in [-0.1, -0.05) is 6.07 Å². The monoisotopic (exact) mass is 333 g/mol. The highest BCUT2D eigenvalue weighted by Gasteiger charge is 2.16. The molecular weight excluding hydrogens is 316 g/mol. The maximum atomic E-state index is 13.4. The van der Waals surface area contributed by atoms with Crippen molar-refractivity contribution in [3.63, 3.8) is 0 Å². The minimum Gasteiger partial charge on any atom is -0.309 e. The van der Waals surface area contributed by atoms with Crippen LogP contribution in [0.15, 0.2) is 29.2 Å². The van der Waals surface area contributed by atoms with Crippen molar-refractivity contribution in [2.24, 2.45) is 7.05 Å². The van der Waals surface area contributed by atoms with Gasteiger partial charge in [-0.2, -0.15) is 5.10 Å². The van der Waals surface area contributed by atoms with Crippen molar-refractivity contribution in [1.82, 2.24) is 24.6 Å². The lowest BCUT2D eigenvalue weighted by Gasteiger charge is -2.24. The Balaban J connectivity index is 1.86. The van der Waals surface area contributed by atoms with Crippen molar-refractivity contribution in [3.8, 4) is 0 Å². The molecule has 1 N–H and O–H groups in total. The van der Waals surface area contributed by atoms with E-state index in [2.05, 4.69) is 15.1 Å². The normalized spacial score (nSPS) is 12.9. The summed E-state index contributed by atoms with van der Waals surface area (Å²) < 4.78 is 28.0. The van der Waals surface area contributed by atoms with Crippen molar-refractivity contribution in [3.05, 3.63) is 57.8 Å². The maximum absolute atomic E-state index is 13.4. The molecule has 2 heterocycles. The second kappa shape index (κ2) is 6.12. The van der Waals surface area contributed by atoms with Crippen molar-refractivity contribution >= 4 is 11.0 Å². The molecule has 0 saturated carbocycles. The quantitative estimate of drug-likeness (QED) is 0.794. The van der Waals surface area contributed by atoms with Gasteiger partial charge in [-0.05, 0) is 31.7 Å². The van der Waals surface area contributed by atoms with Crippen LogP contribution in [0.2, 0.25) is 0 Å². The first-order chi connectivity index (χ1) is 11.4. The van der Waals surface area contributed by atoms with Gasteiger partial charge in [0, 0.05) is 13.1 Å². The standard InChI is InChI=1S/C16H17F2N5O/c1-9(10-4-5-12(17)13(18)6-10)22(2)8-14-20-15-11(16(24)21-14)7-19-23(15)3/h4-7,9H,8H2,1-3H3,(H,20,21,24)/t9-/m1/s1. The van der Waals surface area contributed by atoms with E-state index in [0.717, 1.165) is 6.07 Å². The van der Waals surface area contributed by atoms with Crippen molar-refractivity contribution < 1.29 is 8.78 Å². The summed E-state index contributed by atoms with van der Waals surface area (Å²) in [6.45, 7) is 2.21. The molecule has 2 aromatic heterocycles. The Bertz CT molecular complexity index is 949. The average molecular weight is 333 g/mol. The van der Waals surface area contributed by atoms with Gasteiger partial charge < -0.3 is 4.98 Å². The molecule has 0 aliphatic heterocycles. The molecule has 0 radical (unpaired) electrons. The molecule has 126 valence electrons. The van der Waals surface area contributed by atoms with E-state index in [-0.39, 0.29) is 11.6 Å². The van der Waals surface area contributed by atoms with Gasteiger partial charge in [-0.3, -0.25) is 14.4 Å². The van der Waals surface area contributed by atoms with E-state index >= 15 is 0 Å². The van der Waals surface area contributed by atoms with E-state index < -0.39 is 11.6 Å². The summed E-state index contributed by atoms with van der Waals surface area (Å²) in [4.78, 5) is 21.1. The van der Waals surface area contributed by atoms with Gasteiger partial charge in [0.2, 0.25) is 0 Å². The Kier molecular flexibility index (Phi) is 4.15. The molecule has 0 saturated heterocycles. The average Bonchev–Trinajstić information content (AvgIpc) is 2.91. The zero-order valence-corrected chi connectivity index (χ0v) is 13.5. The highest BCUT2D eigenvalue weighted by Crippen LogP contribution is 2.22. The van der Waals surface area contributed by atoms with Crippen molar-refractivity contribution in [2.75, 3.05) is 7.05 Å². The first-order valence-corrected chi connectivity index (χ1v) is 7.43. The Morgan fingerprint density at radius 1 is 1.33 bits per heavy atom. The summed E-state index contributed by atoms with van der Waals surface area (Å²) in [5.74, 6) is -1.27. The Morgan fingerprint density at radius 2 is 2.08 bits per heavy atom. The van der Waals surface area contributed by atoms with E-state index in [0.29, 0.717) is 29.0 Å². The smallest absolute Gasteiger partial charge is 0.262 e. The molecule has 24 heavy (non-hydrogen) atoms.